The number of aromatic nitrogens is 1. The van der Waals surface area contributed by atoms with Crippen molar-refractivity contribution in [3.05, 3.63) is 22.8 Å². The summed E-state index contributed by atoms with van der Waals surface area (Å²) in [5, 5.41) is 5.94. The first-order chi connectivity index (χ1) is 7.25. The topological polar surface area (TPSA) is 54.0 Å². The molecule has 1 unspecified atom stereocenters. The second-order valence-corrected chi connectivity index (χ2v) is 4.41. The van der Waals surface area contributed by atoms with E-state index in [-0.39, 0.29) is 11.9 Å². The number of piperidine rings is 1. The first-order valence-corrected chi connectivity index (χ1v) is 5.71. The lowest BCUT2D eigenvalue weighted by atomic mass is 10.1. The highest BCUT2D eigenvalue weighted by Crippen LogP contribution is 2.13. The summed E-state index contributed by atoms with van der Waals surface area (Å²) in [6.45, 7) is 0.783. The van der Waals surface area contributed by atoms with Gasteiger partial charge >= 0.3 is 0 Å². The lowest BCUT2D eigenvalue weighted by Crippen LogP contribution is -2.44. The molecule has 1 aliphatic heterocycles. The van der Waals surface area contributed by atoms with Crippen LogP contribution in [0.2, 0.25) is 0 Å². The summed E-state index contributed by atoms with van der Waals surface area (Å²) in [6, 6.07) is 3.61. The van der Waals surface area contributed by atoms with Gasteiger partial charge in [-0.1, -0.05) is 0 Å². The number of hydrogen-bond donors (Lipinski definition) is 2. The van der Waals surface area contributed by atoms with Gasteiger partial charge in [-0.25, -0.2) is 4.98 Å². The number of anilines is 1. The van der Waals surface area contributed by atoms with Crippen molar-refractivity contribution in [2.75, 3.05) is 11.9 Å². The molecular weight excluding hydrogens is 258 g/mol. The van der Waals surface area contributed by atoms with Gasteiger partial charge in [-0.2, -0.15) is 0 Å². The molecule has 1 aromatic heterocycles. The molecular formula is C10H12BrN3O. The summed E-state index contributed by atoms with van der Waals surface area (Å²) in [5.74, 6) is 0.797. The Kier molecular flexibility index (Phi) is 3.20. The van der Waals surface area contributed by atoms with Gasteiger partial charge in [0.15, 0.2) is 0 Å². The smallest absolute Gasteiger partial charge is 0.242 e. The molecule has 1 saturated heterocycles. The summed E-state index contributed by atoms with van der Waals surface area (Å²) in [5.41, 5.74) is 0. The summed E-state index contributed by atoms with van der Waals surface area (Å²) < 4.78 is 0.932. The first kappa shape index (κ1) is 10.4. The number of amides is 1. The fourth-order valence-electron chi connectivity index (χ4n) is 1.55. The standard InChI is InChI=1S/C10H12BrN3O/c11-7-3-4-9(13-6-7)14-8-2-1-5-12-10(8)15/h3-4,6,8H,1-2,5H2,(H,12,15)(H,13,14). The molecule has 15 heavy (non-hydrogen) atoms. The van der Waals surface area contributed by atoms with Crippen LogP contribution in [0.1, 0.15) is 12.8 Å². The number of nitrogens with zero attached hydrogens (tertiary/aromatic N) is 1. The molecule has 0 spiro atoms. The van der Waals surface area contributed by atoms with Gasteiger partial charge < -0.3 is 10.6 Å². The van der Waals surface area contributed by atoms with Crippen molar-refractivity contribution in [2.24, 2.45) is 0 Å². The molecule has 1 amide bonds. The number of carbonyl (C=O) groups excluding carboxylic acids is 1. The Bertz CT molecular complexity index is 352. The Morgan fingerprint density at radius 3 is 3.07 bits per heavy atom. The van der Waals surface area contributed by atoms with Gasteiger partial charge in [0, 0.05) is 17.2 Å². The number of carbonyl (C=O) groups is 1. The van der Waals surface area contributed by atoms with Crippen molar-refractivity contribution in [3.8, 4) is 0 Å². The van der Waals surface area contributed by atoms with Crippen LogP contribution in [0, 0.1) is 0 Å². The highest BCUT2D eigenvalue weighted by Gasteiger charge is 2.21. The number of nitrogens with one attached hydrogen (secondary N) is 2. The second-order valence-electron chi connectivity index (χ2n) is 3.49. The van der Waals surface area contributed by atoms with Gasteiger partial charge in [-0.3, -0.25) is 4.79 Å². The Hall–Kier alpha value is -1.10. The van der Waals surface area contributed by atoms with Crippen molar-refractivity contribution in [1.82, 2.24) is 10.3 Å². The fourth-order valence-corrected chi connectivity index (χ4v) is 1.78. The number of pyridine rings is 1. The van der Waals surface area contributed by atoms with Crippen molar-refractivity contribution >= 4 is 27.7 Å². The second kappa shape index (κ2) is 4.61. The van der Waals surface area contributed by atoms with Crippen molar-refractivity contribution in [2.45, 2.75) is 18.9 Å². The quantitative estimate of drug-likeness (QED) is 0.857. The molecule has 0 bridgehead atoms. The third-order valence-corrected chi connectivity index (χ3v) is 2.80. The molecule has 1 aromatic rings. The van der Waals surface area contributed by atoms with E-state index < -0.39 is 0 Å². The Labute approximate surface area is 96.6 Å². The third kappa shape index (κ3) is 2.68. The molecule has 80 valence electrons. The Morgan fingerprint density at radius 1 is 1.53 bits per heavy atom. The highest BCUT2D eigenvalue weighted by atomic mass is 79.9. The average Bonchev–Trinajstić information content (AvgIpc) is 2.25. The Morgan fingerprint density at radius 2 is 2.40 bits per heavy atom. The molecule has 1 atom stereocenters. The number of hydrogen-bond acceptors (Lipinski definition) is 3. The van der Waals surface area contributed by atoms with E-state index >= 15 is 0 Å². The predicted octanol–water partition coefficient (Wildman–Crippen LogP) is 1.53. The third-order valence-electron chi connectivity index (χ3n) is 2.33. The van der Waals surface area contributed by atoms with Crippen LogP contribution in [0.3, 0.4) is 0 Å². The molecule has 1 fully saturated rings. The van der Waals surface area contributed by atoms with Gasteiger partial charge in [-0.15, -0.1) is 0 Å². The lowest BCUT2D eigenvalue weighted by Gasteiger charge is -2.23. The molecule has 0 aromatic carbocycles. The molecule has 2 heterocycles. The Balaban J connectivity index is 2.01. The van der Waals surface area contributed by atoms with Crippen LogP contribution in [-0.2, 0) is 4.79 Å². The zero-order valence-electron chi connectivity index (χ0n) is 8.16. The molecule has 5 heteroatoms. The normalized spacial score (nSPS) is 20.9. The van der Waals surface area contributed by atoms with Gasteiger partial charge in [0.2, 0.25) is 5.91 Å². The zero-order chi connectivity index (χ0) is 10.7. The van der Waals surface area contributed by atoms with Gasteiger partial charge in [0.05, 0.1) is 0 Å². The molecule has 0 saturated carbocycles. The largest absolute Gasteiger partial charge is 0.358 e. The van der Waals surface area contributed by atoms with E-state index in [0.29, 0.717) is 0 Å². The summed E-state index contributed by atoms with van der Waals surface area (Å²) in [4.78, 5) is 15.6. The monoisotopic (exact) mass is 269 g/mol. The predicted molar refractivity (Wildman–Crippen MR) is 61.6 cm³/mol. The molecule has 2 rings (SSSR count). The van der Waals surface area contributed by atoms with Crippen LogP contribution in [0.5, 0.6) is 0 Å². The molecule has 0 radical (unpaired) electrons. The van der Waals surface area contributed by atoms with Crippen molar-refractivity contribution in [3.63, 3.8) is 0 Å². The maximum Gasteiger partial charge on any atom is 0.242 e. The van der Waals surface area contributed by atoms with E-state index in [0.717, 1.165) is 29.7 Å². The van der Waals surface area contributed by atoms with E-state index in [9.17, 15) is 4.79 Å². The SMILES string of the molecule is O=C1NCCCC1Nc1ccc(Br)cn1. The first-order valence-electron chi connectivity index (χ1n) is 4.91. The van der Waals surface area contributed by atoms with Crippen LogP contribution < -0.4 is 10.6 Å². The van der Waals surface area contributed by atoms with Gasteiger partial charge in [-0.05, 0) is 40.9 Å². The highest BCUT2D eigenvalue weighted by molar-refractivity contribution is 9.10. The fraction of sp³-hybridized carbons (Fsp3) is 0.400. The minimum atomic E-state index is -0.146. The summed E-state index contributed by atoms with van der Waals surface area (Å²) in [7, 11) is 0. The minimum Gasteiger partial charge on any atom is -0.358 e. The van der Waals surface area contributed by atoms with Crippen molar-refractivity contribution < 1.29 is 4.79 Å². The van der Waals surface area contributed by atoms with Crippen LogP contribution >= 0.6 is 15.9 Å². The lowest BCUT2D eigenvalue weighted by molar-refractivity contribution is -0.123. The van der Waals surface area contributed by atoms with E-state index in [1.807, 2.05) is 12.1 Å². The van der Waals surface area contributed by atoms with Crippen molar-refractivity contribution in [1.29, 1.82) is 0 Å². The van der Waals surface area contributed by atoms with Crippen LogP contribution in [-0.4, -0.2) is 23.5 Å². The molecule has 2 N–H and O–H groups in total. The van der Waals surface area contributed by atoms with Crippen LogP contribution in [0.4, 0.5) is 5.82 Å². The number of halogens is 1. The maximum atomic E-state index is 11.5. The minimum absolute atomic E-state index is 0.0611. The van der Waals surface area contributed by atoms with E-state index in [2.05, 4.69) is 31.5 Å². The average molecular weight is 270 g/mol. The van der Waals surface area contributed by atoms with Crippen LogP contribution in [0.25, 0.3) is 0 Å². The van der Waals surface area contributed by atoms with Gasteiger partial charge in [0.25, 0.3) is 0 Å². The molecule has 0 aliphatic carbocycles. The molecule has 1 aliphatic rings. The van der Waals surface area contributed by atoms with E-state index in [1.165, 1.54) is 0 Å². The number of rotatable bonds is 2. The zero-order valence-corrected chi connectivity index (χ0v) is 9.75. The van der Waals surface area contributed by atoms with Gasteiger partial charge in [0.1, 0.15) is 11.9 Å². The molecule has 4 nitrogen and oxygen atoms in total. The van der Waals surface area contributed by atoms with Crippen LogP contribution in [0.15, 0.2) is 22.8 Å². The van der Waals surface area contributed by atoms with E-state index in [4.69, 9.17) is 0 Å². The maximum absolute atomic E-state index is 11.5. The van der Waals surface area contributed by atoms with E-state index in [1.54, 1.807) is 6.20 Å². The summed E-state index contributed by atoms with van der Waals surface area (Å²) in [6.07, 6.45) is 3.59. The summed E-state index contributed by atoms with van der Waals surface area (Å²) >= 11 is 3.31.